The number of phenolic OH excluding ortho intramolecular Hbond substituents is 1. The molecule has 2 heterocycles. The molecule has 1 saturated heterocycles. The standard InChI is InChI=1S/C22H23N3O2/c26-15-21-20-5-4-19(12-17(20)3-6-22(21)27)25-10-7-18(8-11-25)24-14-16-2-1-9-23-13-16/h1-6,9,12-13,15,18,24,27H,7-8,10-11,14H2. The van der Waals surface area contributed by atoms with Crippen LogP contribution in [0.2, 0.25) is 0 Å². The summed E-state index contributed by atoms with van der Waals surface area (Å²) >= 11 is 0. The van der Waals surface area contributed by atoms with E-state index in [0.29, 0.717) is 11.6 Å². The predicted octanol–water partition coefficient (Wildman–Crippen LogP) is 3.51. The number of hydrogen-bond donors (Lipinski definition) is 2. The van der Waals surface area contributed by atoms with Gasteiger partial charge in [-0.2, -0.15) is 0 Å². The van der Waals surface area contributed by atoms with Crippen molar-refractivity contribution in [1.82, 2.24) is 10.3 Å². The third-order valence-electron chi connectivity index (χ3n) is 5.32. The molecule has 5 heteroatoms. The van der Waals surface area contributed by atoms with E-state index in [0.717, 1.165) is 55.2 Å². The van der Waals surface area contributed by atoms with Crippen LogP contribution in [0.3, 0.4) is 0 Å². The molecule has 0 aliphatic carbocycles. The molecule has 1 aromatic heterocycles. The zero-order chi connectivity index (χ0) is 18.6. The Balaban J connectivity index is 1.40. The van der Waals surface area contributed by atoms with E-state index in [4.69, 9.17) is 0 Å². The largest absolute Gasteiger partial charge is 0.507 e. The fourth-order valence-electron chi connectivity index (χ4n) is 3.76. The number of carbonyl (C=O) groups is 1. The van der Waals surface area contributed by atoms with Gasteiger partial charge in [-0.05, 0) is 53.4 Å². The van der Waals surface area contributed by atoms with Gasteiger partial charge in [0.15, 0.2) is 6.29 Å². The van der Waals surface area contributed by atoms with Crippen molar-refractivity contribution in [2.75, 3.05) is 18.0 Å². The molecule has 1 fully saturated rings. The Morgan fingerprint density at radius 1 is 1.19 bits per heavy atom. The molecule has 0 spiro atoms. The second kappa shape index (κ2) is 7.76. The Morgan fingerprint density at radius 2 is 2.04 bits per heavy atom. The third-order valence-corrected chi connectivity index (χ3v) is 5.32. The fourth-order valence-corrected chi connectivity index (χ4v) is 3.76. The topological polar surface area (TPSA) is 65.5 Å². The Bertz CT molecular complexity index is 935. The summed E-state index contributed by atoms with van der Waals surface area (Å²) in [5.41, 5.74) is 2.73. The smallest absolute Gasteiger partial charge is 0.154 e. The molecule has 2 N–H and O–H groups in total. The fraction of sp³-hybridized carbons (Fsp3) is 0.273. The second-order valence-electron chi connectivity index (χ2n) is 7.03. The van der Waals surface area contributed by atoms with Gasteiger partial charge in [-0.15, -0.1) is 0 Å². The van der Waals surface area contributed by atoms with E-state index in [1.54, 1.807) is 12.3 Å². The first kappa shape index (κ1) is 17.5. The quantitative estimate of drug-likeness (QED) is 0.681. The van der Waals surface area contributed by atoms with E-state index in [1.807, 2.05) is 30.5 Å². The van der Waals surface area contributed by atoms with Gasteiger partial charge in [0.2, 0.25) is 0 Å². The Labute approximate surface area is 158 Å². The van der Waals surface area contributed by atoms with Gasteiger partial charge in [-0.1, -0.05) is 18.2 Å². The molecule has 0 atom stereocenters. The first-order valence-corrected chi connectivity index (χ1v) is 9.33. The summed E-state index contributed by atoms with van der Waals surface area (Å²) in [7, 11) is 0. The van der Waals surface area contributed by atoms with Crippen LogP contribution in [0.1, 0.15) is 28.8 Å². The summed E-state index contributed by atoms with van der Waals surface area (Å²) in [5, 5.41) is 15.2. The van der Waals surface area contributed by atoms with Crippen molar-refractivity contribution in [3.8, 4) is 5.75 Å². The number of aldehydes is 1. The van der Waals surface area contributed by atoms with Crippen LogP contribution < -0.4 is 10.2 Å². The van der Waals surface area contributed by atoms with E-state index in [9.17, 15) is 9.90 Å². The summed E-state index contributed by atoms with van der Waals surface area (Å²) in [6, 6.07) is 14.1. The summed E-state index contributed by atoms with van der Waals surface area (Å²) in [6.45, 7) is 2.84. The van der Waals surface area contributed by atoms with E-state index >= 15 is 0 Å². The molecular formula is C22H23N3O2. The number of carbonyl (C=O) groups excluding carboxylic acids is 1. The highest BCUT2D eigenvalue weighted by molar-refractivity contribution is 6.01. The van der Waals surface area contributed by atoms with Crippen molar-refractivity contribution in [1.29, 1.82) is 0 Å². The van der Waals surface area contributed by atoms with Crippen molar-refractivity contribution in [2.24, 2.45) is 0 Å². The summed E-state index contributed by atoms with van der Waals surface area (Å²) in [4.78, 5) is 17.8. The number of aromatic hydroxyl groups is 1. The molecule has 1 aliphatic rings. The Morgan fingerprint density at radius 3 is 2.78 bits per heavy atom. The number of fused-ring (bicyclic) bond motifs is 1. The zero-order valence-corrected chi connectivity index (χ0v) is 15.1. The van der Waals surface area contributed by atoms with Gasteiger partial charge in [0.25, 0.3) is 0 Å². The number of pyridine rings is 1. The average Bonchev–Trinajstić information content (AvgIpc) is 2.73. The molecule has 0 amide bonds. The monoisotopic (exact) mass is 361 g/mol. The number of piperidine rings is 1. The van der Waals surface area contributed by atoms with Crippen molar-refractivity contribution in [3.63, 3.8) is 0 Å². The van der Waals surface area contributed by atoms with Crippen molar-refractivity contribution >= 4 is 22.7 Å². The molecule has 138 valence electrons. The molecule has 0 bridgehead atoms. The van der Waals surface area contributed by atoms with Gasteiger partial charge < -0.3 is 15.3 Å². The maximum Gasteiger partial charge on any atom is 0.154 e. The summed E-state index contributed by atoms with van der Waals surface area (Å²) in [6.07, 6.45) is 6.60. The highest BCUT2D eigenvalue weighted by atomic mass is 16.3. The van der Waals surface area contributed by atoms with E-state index in [-0.39, 0.29) is 5.75 Å². The van der Waals surface area contributed by atoms with Crippen LogP contribution in [0, 0.1) is 0 Å². The van der Waals surface area contributed by atoms with E-state index in [2.05, 4.69) is 27.3 Å². The number of aromatic nitrogens is 1. The molecule has 3 aromatic rings. The van der Waals surface area contributed by atoms with Crippen LogP contribution in [-0.2, 0) is 6.54 Å². The molecular weight excluding hydrogens is 338 g/mol. The van der Waals surface area contributed by atoms with Crippen LogP contribution >= 0.6 is 0 Å². The molecule has 5 nitrogen and oxygen atoms in total. The van der Waals surface area contributed by atoms with Crippen molar-refractivity contribution in [3.05, 3.63) is 66.0 Å². The lowest BCUT2D eigenvalue weighted by Gasteiger charge is -2.34. The van der Waals surface area contributed by atoms with Gasteiger partial charge in [0.1, 0.15) is 5.75 Å². The van der Waals surface area contributed by atoms with Crippen LogP contribution in [-0.4, -0.2) is 35.5 Å². The maximum absolute atomic E-state index is 11.2. The van der Waals surface area contributed by atoms with Crippen LogP contribution in [0.4, 0.5) is 5.69 Å². The number of nitrogens with one attached hydrogen (secondary N) is 1. The molecule has 0 unspecified atom stereocenters. The van der Waals surface area contributed by atoms with E-state index < -0.39 is 0 Å². The minimum Gasteiger partial charge on any atom is -0.507 e. The zero-order valence-electron chi connectivity index (χ0n) is 15.1. The molecule has 2 aromatic carbocycles. The summed E-state index contributed by atoms with van der Waals surface area (Å²) < 4.78 is 0. The highest BCUT2D eigenvalue weighted by Gasteiger charge is 2.19. The number of benzene rings is 2. The van der Waals surface area contributed by atoms with Gasteiger partial charge in [-0.3, -0.25) is 9.78 Å². The van der Waals surface area contributed by atoms with E-state index in [1.165, 1.54) is 5.56 Å². The van der Waals surface area contributed by atoms with Crippen molar-refractivity contribution < 1.29 is 9.90 Å². The number of rotatable bonds is 5. The molecule has 0 saturated carbocycles. The first-order valence-electron chi connectivity index (χ1n) is 9.33. The molecule has 1 aliphatic heterocycles. The maximum atomic E-state index is 11.2. The van der Waals surface area contributed by atoms with Crippen LogP contribution in [0.5, 0.6) is 5.75 Å². The molecule has 0 radical (unpaired) electrons. The van der Waals surface area contributed by atoms with Gasteiger partial charge in [-0.25, -0.2) is 0 Å². The number of anilines is 1. The lowest BCUT2D eigenvalue weighted by Crippen LogP contribution is -2.42. The first-order chi connectivity index (χ1) is 13.2. The number of hydrogen-bond acceptors (Lipinski definition) is 5. The van der Waals surface area contributed by atoms with Crippen LogP contribution in [0.25, 0.3) is 10.8 Å². The van der Waals surface area contributed by atoms with Crippen molar-refractivity contribution in [2.45, 2.75) is 25.4 Å². The normalized spacial score (nSPS) is 15.2. The number of phenols is 1. The minimum atomic E-state index is 0.0331. The molecule has 4 rings (SSSR count). The third kappa shape index (κ3) is 3.78. The van der Waals surface area contributed by atoms with Gasteiger partial charge >= 0.3 is 0 Å². The summed E-state index contributed by atoms with van der Waals surface area (Å²) in [5.74, 6) is 0.0331. The minimum absolute atomic E-state index is 0.0331. The average molecular weight is 361 g/mol. The van der Waals surface area contributed by atoms with Gasteiger partial charge in [0, 0.05) is 43.8 Å². The lowest BCUT2D eigenvalue weighted by atomic mass is 10.0. The predicted molar refractivity (Wildman–Crippen MR) is 107 cm³/mol. The molecule has 27 heavy (non-hydrogen) atoms. The Kier molecular flexibility index (Phi) is 5.03. The van der Waals surface area contributed by atoms with Gasteiger partial charge in [0.05, 0.1) is 5.56 Å². The Hall–Kier alpha value is -2.92. The lowest BCUT2D eigenvalue weighted by molar-refractivity contribution is 0.112. The van der Waals surface area contributed by atoms with Crippen LogP contribution in [0.15, 0.2) is 54.9 Å². The second-order valence-corrected chi connectivity index (χ2v) is 7.03. The highest BCUT2D eigenvalue weighted by Crippen LogP contribution is 2.30. The number of nitrogens with zero attached hydrogens (tertiary/aromatic N) is 2. The SMILES string of the molecule is O=Cc1c(O)ccc2cc(N3CCC(NCc4cccnc4)CC3)ccc12.